The first-order valence-electron chi connectivity index (χ1n) is 5.49. The second kappa shape index (κ2) is 5.97. The number of carbonyl (C=O) groups excluding carboxylic acids is 1. The Balaban J connectivity index is 2.26. The van der Waals surface area contributed by atoms with Gasteiger partial charge in [-0.3, -0.25) is 0 Å². The van der Waals surface area contributed by atoms with Crippen LogP contribution in [-0.2, 0) is 14.8 Å². The summed E-state index contributed by atoms with van der Waals surface area (Å²) in [7, 11) is -2.73. The van der Waals surface area contributed by atoms with E-state index in [1.54, 1.807) is 0 Å². The summed E-state index contributed by atoms with van der Waals surface area (Å²) in [5, 5.41) is 0.343. The van der Waals surface area contributed by atoms with Crippen LogP contribution in [0.3, 0.4) is 0 Å². The molecule has 1 aromatic heterocycles. The number of ether oxygens (including phenoxy) is 1. The third kappa shape index (κ3) is 3.49. The predicted octanol–water partition coefficient (Wildman–Crippen LogP) is 3.17. The number of benzene rings is 1. The fourth-order valence-corrected chi connectivity index (χ4v) is 2.81. The summed E-state index contributed by atoms with van der Waals surface area (Å²) in [4.78, 5) is 11.1. The number of rotatable bonds is 4. The van der Waals surface area contributed by atoms with Crippen LogP contribution in [0.4, 0.5) is 5.88 Å². The second-order valence-electron chi connectivity index (χ2n) is 3.84. The van der Waals surface area contributed by atoms with Crippen molar-refractivity contribution in [2.24, 2.45) is 0 Å². The minimum absolute atomic E-state index is 0.0899. The van der Waals surface area contributed by atoms with Crippen molar-refractivity contribution in [2.75, 3.05) is 11.8 Å². The smallest absolute Gasteiger partial charge is 0.374 e. The highest BCUT2D eigenvalue weighted by Gasteiger charge is 2.19. The van der Waals surface area contributed by atoms with Gasteiger partial charge in [-0.1, -0.05) is 23.2 Å². The number of sulfonamides is 1. The molecule has 9 heteroatoms. The number of esters is 1. The average Bonchev–Trinajstić information content (AvgIpc) is 2.88. The van der Waals surface area contributed by atoms with Gasteiger partial charge < -0.3 is 9.15 Å². The van der Waals surface area contributed by atoms with E-state index in [9.17, 15) is 13.2 Å². The lowest BCUT2D eigenvalue weighted by Gasteiger charge is -2.06. The molecule has 112 valence electrons. The molecule has 6 nitrogen and oxygen atoms in total. The molecule has 0 unspecified atom stereocenters. The van der Waals surface area contributed by atoms with E-state index in [1.807, 2.05) is 0 Å². The highest BCUT2D eigenvalue weighted by Crippen LogP contribution is 2.26. The second-order valence-corrected chi connectivity index (χ2v) is 6.33. The standard InChI is InChI=1S/C12H9Cl2NO5S/c1-19-12(16)10-4-5-11(20-10)15-21(17,18)7-2-3-8(13)9(14)6-7/h2-6,15H,1H3. The molecule has 0 bridgehead atoms. The van der Waals surface area contributed by atoms with Gasteiger partial charge in [0.15, 0.2) is 0 Å². The van der Waals surface area contributed by atoms with E-state index in [1.165, 1.54) is 37.4 Å². The number of methoxy groups -OCH3 is 1. The van der Waals surface area contributed by atoms with Crippen molar-refractivity contribution in [1.29, 1.82) is 0 Å². The fourth-order valence-electron chi connectivity index (χ4n) is 1.44. The zero-order valence-corrected chi connectivity index (χ0v) is 12.9. The summed E-state index contributed by atoms with van der Waals surface area (Å²) < 4.78 is 35.9. The van der Waals surface area contributed by atoms with Crippen LogP contribution in [-0.4, -0.2) is 21.5 Å². The molecule has 2 aromatic rings. The lowest BCUT2D eigenvalue weighted by Crippen LogP contribution is -2.12. The van der Waals surface area contributed by atoms with E-state index < -0.39 is 16.0 Å². The number of halogens is 2. The van der Waals surface area contributed by atoms with E-state index in [0.29, 0.717) is 0 Å². The summed E-state index contributed by atoms with van der Waals surface area (Å²) in [5.74, 6) is -0.958. The minimum atomic E-state index is -3.91. The maximum absolute atomic E-state index is 12.1. The normalized spacial score (nSPS) is 11.2. The van der Waals surface area contributed by atoms with Crippen molar-refractivity contribution < 1.29 is 22.4 Å². The Morgan fingerprint density at radius 1 is 1.19 bits per heavy atom. The van der Waals surface area contributed by atoms with E-state index in [2.05, 4.69) is 9.46 Å². The summed E-state index contributed by atoms with van der Waals surface area (Å²) in [5.41, 5.74) is 0. The molecule has 0 amide bonds. The van der Waals surface area contributed by atoms with Crippen LogP contribution in [0.2, 0.25) is 10.0 Å². The highest BCUT2D eigenvalue weighted by molar-refractivity contribution is 7.92. The van der Waals surface area contributed by atoms with Crippen LogP contribution in [0, 0.1) is 0 Å². The van der Waals surface area contributed by atoms with Gasteiger partial charge in [-0.15, -0.1) is 0 Å². The van der Waals surface area contributed by atoms with Crippen LogP contribution in [0.5, 0.6) is 0 Å². The molecule has 0 spiro atoms. The topological polar surface area (TPSA) is 85.6 Å². The van der Waals surface area contributed by atoms with Gasteiger partial charge in [-0.2, -0.15) is 0 Å². The van der Waals surface area contributed by atoms with Crippen LogP contribution in [0.25, 0.3) is 0 Å². The lowest BCUT2D eigenvalue weighted by atomic mass is 10.4. The quantitative estimate of drug-likeness (QED) is 0.856. The third-order valence-electron chi connectivity index (χ3n) is 2.43. The first-order valence-corrected chi connectivity index (χ1v) is 7.73. The van der Waals surface area contributed by atoms with Crippen LogP contribution < -0.4 is 4.72 Å². The molecule has 0 saturated heterocycles. The van der Waals surface area contributed by atoms with Gasteiger partial charge in [-0.25, -0.2) is 17.9 Å². The van der Waals surface area contributed by atoms with Crippen molar-refractivity contribution in [3.05, 3.63) is 46.1 Å². The Morgan fingerprint density at radius 3 is 2.52 bits per heavy atom. The average molecular weight is 350 g/mol. The molecule has 1 heterocycles. The molecular formula is C12H9Cl2NO5S. The number of furan rings is 1. The van der Waals surface area contributed by atoms with Gasteiger partial charge in [0.05, 0.1) is 22.1 Å². The van der Waals surface area contributed by atoms with E-state index >= 15 is 0 Å². The Hall–Kier alpha value is -1.70. The fraction of sp³-hybridized carbons (Fsp3) is 0.0833. The molecule has 0 fully saturated rings. The van der Waals surface area contributed by atoms with Gasteiger partial charge in [-0.05, 0) is 24.3 Å². The number of hydrogen-bond acceptors (Lipinski definition) is 5. The van der Waals surface area contributed by atoms with Crippen molar-refractivity contribution in [3.63, 3.8) is 0 Å². The number of carbonyl (C=O) groups is 1. The first-order chi connectivity index (χ1) is 9.83. The molecule has 0 aliphatic rings. The zero-order chi connectivity index (χ0) is 15.6. The van der Waals surface area contributed by atoms with Crippen LogP contribution >= 0.6 is 23.2 Å². The number of nitrogens with one attached hydrogen (secondary N) is 1. The number of anilines is 1. The maximum Gasteiger partial charge on any atom is 0.374 e. The van der Waals surface area contributed by atoms with E-state index in [4.69, 9.17) is 27.6 Å². The van der Waals surface area contributed by atoms with Crippen molar-refractivity contribution in [1.82, 2.24) is 0 Å². The number of hydrogen-bond donors (Lipinski definition) is 1. The minimum Gasteiger partial charge on any atom is -0.463 e. The highest BCUT2D eigenvalue weighted by atomic mass is 35.5. The van der Waals surface area contributed by atoms with E-state index in [0.717, 1.165) is 0 Å². The van der Waals surface area contributed by atoms with Crippen LogP contribution in [0.1, 0.15) is 10.6 Å². The maximum atomic E-state index is 12.1. The van der Waals surface area contributed by atoms with E-state index in [-0.39, 0.29) is 26.6 Å². The third-order valence-corrected chi connectivity index (χ3v) is 4.51. The molecule has 0 atom stereocenters. The Bertz CT molecular complexity index is 785. The van der Waals surface area contributed by atoms with Gasteiger partial charge in [0.25, 0.3) is 10.0 Å². The summed E-state index contributed by atoms with van der Waals surface area (Å²) in [6.07, 6.45) is 0. The first kappa shape index (κ1) is 15.7. The molecule has 0 saturated carbocycles. The van der Waals surface area contributed by atoms with Gasteiger partial charge in [0, 0.05) is 6.07 Å². The predicted molar refractivity (Wildman–Crippen MR) is 77.3 cm³/mol. The molecule has 1 aromatic carbocycles. The monoisotopic (exact) mass is 349 g/mol. The van der Waals surface area contributed by atoms with Crippen molar-refractivity contribution >= 4 is 45.1 Å². The molecular weight excluding hydrogens is 341 g/mol. The largest absolute Gasteiger partial charge is 0.463 e. The molecule has 0 radical (unpaired) electrons. The Morgan fingerprint density at radius 2 is 1.90 bits per heavy atom. The van der Waals surface area contributed by atoms with Gasteiger partial charge >= 0.3 is 5.97 Å². The SMILES string of the molecule is COC(=O)c1ccc(NS(=O)(=O)c2ccc(Cl)c(Cl)c2)o1. The summed E-state index contributed by atoms with van der Waals surface area (Å²) in [6, 6.07) is 6.44. The van der Waals surface area contributed by atoms with Gasteiger partial charge in [0.2, 0.25) is 11.6 Å². The van der Waals surface area contributed by atoms with Crippen LogP contribution in [0.15, 0.2) is 39.6 Å². The molecule has 2 rings (SSSR count). The Kier molecular flexibility index (Phi) is 4.46. The van der Waals surface area contributed by atoms with Gasteiger partial charge in [0.1, 0.15) is 0 Å². The zero-order valence-electron chi connectivity index (χ0n) is 10.6. The molecule has 1 N–H and O–H groups in total. The molecule has 0 aliphatic heterocycles. The lowest BCUT2D eigenvalue weighted by molar-refractivity contribution is 0.0566. The summed E-state index contributed by atoms with van der Waals surface area (Å²) in [6.45, 7) is 0. The molecule has 0 aliphatic carbocycles. The Labute approximate surface area is 130 Å². The van der Waals surface area contributed by atoms with Crippen molar-refractivity contribution in [3.8, 4) is 0 Å². The van der Waals surface area contributed by atoms with Crippen molar-refractivity contribution in [2.45, 2.75) is 4.90 Å². The summed E-state index contributed by atoms with van der Waals surface area (Å²) >= 11 is 11.5. The molecule has 21 heavy (non-hydrogen) atoms.